The summed E-state index contributed by atoms with van der Waals surface area (Å²) in [6.07, 6.45) is 0.426. The minimum Gasteiger partial charge on any atom is -0.324 e. The predicted molar refractivity (Wildman–Crippen MR) is 113 cm³/mol. The van der Waals surface area contributed by atoms with Gasteiger partial charge in [-0.25, -0.2) is 4.68 Å². The quantitative estimate of drug-likeness (QED) is 0.676. The molecule has 1 atom stereocenters. The van der Waals surface area contributed by atoms with Crippen molar-refractivity contribution in [1.29, 1.82) is 0 Å². The van der Waals surface area contributed by atoms with Crippen molar-refractivity contribution in [2.75, 3.05) is 5.32 Å². The number of hydrogen-bond donors (Lipinski definition) is 1. The van der Waals surface area contributed by atoms with Gasteiger partial charge in [-0.2, -0.15) is 5.10 Å². The number of aromatic nitrogens is 2. The second-order valence-corrected chi connectivity index (χ2v) is 7.15. The molecule has 1 aromatic heterocycles. The van der Waals surface area contributed by atoms with Gasteiger partial charge < -0.3 is 5.32 Å². The van der Waals surface area contributed by atoms with E-state index in [0.29, 0.717) is 22.8 Å². The maximum Gasteiger partial charge on any atom is 0.267 e. The van der Waals surface area contributed by atoms with Crippen LogP contribution in [-0.4, -0.2) is 15.7 Å². The SMILES string of the molecule is CCC(C(=O)Nc1ccc(C)c(Cl)c1)n1nc(-c2ccc(C)cc2)ccc1=O. The monoisotopic (exact) mass is 395 g/mol. The number of halogens is 1. The van der Waals surface area contributed by atoms with E-state index in [-0.39, 0.29) is 11.5 Å². The zero-order valence-electron chi connectivity index (χ0n) is 16.1. The van der Waals surface area contributed by atoms with Gasteiger partial charge in [0, 0.05) is 22.3 Å². The average Bonchev–Trinajstić information content (AvgIpc) is 2.67. The van der Waals surface area contributed by atoms with Crippen molar-refractivity contribution in [3.05, 3.63) is 81.1 Å². The summed E-state index contributed by atoms with van der Waals surface area (Å²) in [5, 5.41) is 7.86. The van der Waals surface area contributed by atoms with Crippen LogP contribution in [0.4, 0.5) is 5.69 Å². The van der Waals surface area contributed by atoms with Gasteiger partial charge in [0.1, 0.15) is 6.04 Å². The lowest BCUT2D eigenvalue weighted by atomic mass is 10.1. The molecule has 2 aromatic carbocycles. The van der Waals surface area contributed by atoms with Crippen LogP contribution in [0.15, 0.2) is 59.4 Å². The van der Waals surface area contributed by atoms with Crippen LogP contribution < -0.4 is 10.9 Å². The lowest BCUT2D eigenvalue weighted by Gasteiger charge is -2.18. The van der Waals surface area contributed by atoms with Crippen LogP contribution in [0.25, 0.3) is 11.3 Å². The summed E-state index contributed by atoms with van der Waals surface area (Å²) in [4.78, 5) is 25.2. The minimum atomic E-state index is -0.724. The molecule has 6 heteroatoms. The first-order valence-electron chi connectivity index (χ1n) is 9.13. The summed E-state index contributed by atoms with van der Waals surface area (Å²) in [5.41, 5.74) is 3.86. The molecule has 0 saturated carbocycles. The molecule has 0 radical (unpaired) electrons. The van der Waals surface area contributed by atoms with E-state index in [1.165, 1.54) is 10.7 Å². The summed E-state index contributed by atoms with van der Waals surface area (Å²) in [6, 6.07) is 15.6. The standard InChI is InChI=1S/C22H22ClN3O2/c1-4-20(22(28)24-17-10-7-15(3)18(23)13-17)26-21(27)12-11-19(25-26)16-8-5-14(2)6-9-16/h5-13,20H,4H2,1-3H3,(H,24,28). The van der Waals surface area contributed by atoms with Crippen LogP contribution in [-0.2, 0) is 4.79 Å². The van der Waals surface area contributed by atoms with Crippen molar-refractivity contribution in [2.45, 2.75) is 33.2 Å². The van der Waals surface area contributed by atoms with E-state index in [2.05, 4.69) is 10.4 Å². The topological polar surface area (TPSA) is 64.0 Å². The summed E-state index contributed by atoms with van der Waals surface area (Å²) in [6.45, 7) is 5.74. The number of carbonyl (C=O) groups excluding carboxylic acids is 1. The maximum atomic E-state index is 12.8. The zero-order valence-corrected chi connectivity index (χ0v) is 16.8. The van der Waals surface area contributed by atoms with Gasteiger partial charge in [0.25, 0.3) is 5.56 Å². The van der Waals surface area contributed by atoms with Gasteiger partial charge in [-0.3, -0.25) is 9.59 Å². The Kier molecular flexibility index (Phi) is 5.95. The molecule has 0 saturated heterocycles. The van der Waals surface area contributed by atoms with Crippen LogP contribution in [0, 0.1) is 13.8 Å². The first-order valence-corrected chi connectivity index (χ1v) is 9.50. The number of anilines is 1. The van der Waals surface area contributed by atoms with E-state index >= 15 is 0 Å². The summed E-state index contributed by atoms with van der Waals surface area (Å²) < 4.78 is 1.25. The Morgan fingerprint density at radius 1 is 1.11 bits per heavy atom. The third-order valence-electron chi connectivity index (χ3n) is 4.60. The number of nitrogens with zero attached hydrogens (tertiary/aromatic N) is 2. The van der Waals surface area contributed by atoms with Gasteiger partial charge in [-0.05, 0) is 44.0 Å². The van der Waals surface area contributed by atoms with Crippen molar-refractivity contribution >= 4 is 23.2 Å². The maximum absolute atomic E-state index is 12.8. The Hall–Kier alpha value is -2.92. The van der Waals surface area contributed by atoms with Crippen LogP contribution in [0.1, 0.15) is 30.5 Å². The van der Waals surface area contributed by atoms with Gasteiger partial charge in [0.15, 0.2) is 0 Å². The van der Waals surface area contributed by atoms with Crippen molar-refractivity contribution in [1.82, 2.24) is 9.78 Å². The number of rotatable bonds is 5. The molecule has 1 unspecified atom stereocenters. The highest BCUT2D eigenvalue weighted by molar-refractivity contribution is 6.31. The molecule has 3 aromatic rings. The number of nitrogens with one attached hydrogen (secondary N) is 1. The van der Waals surface area contributed by atoms with Gasteiger partial charge in [0.05, 0.1) is 5.69 Å². The Bertz CT molecular complexity index is 1060. The van der Waals surface area contributed by atoms with Gasteiger partial charge >= 0.3 is 0 Å². The first kappa shape index (κ1) is 19.8. The second-order valence-electron chi connectivity index (χ2n) is 6.74. The summed E-state index contributed by atoms with van der Waals surface area (Å²) >= 11 is 6.13. The van der Waals surface area contributed by atoms with E-state index in [1.807, 2.05) is 51.1 Å². The third-order valence-corrected chi connectivity index (χ3v) is 5.00. The number of carbonyl (C=O) groups is 1. The molecule has 0 fully saturated rings. The molecule has 144 valence electrons. The Balaban J connectivity index is 1.91. The highest BCUT2D eigenvalue weighted by Crippen LogP contribution is 2.22. The molecule has 1 amide bonds. The van der Waals surface area contributed by atoms with E-state index in [0.717, 1.165) is 16.7 Å². The van der Waals surface area contributed by atoms with Crippen molar-refractivity contribution in [3.63, 3.8) is 0 Å². The molecule has 3 rings (SSSR count). The first-order chi connectivity index (χ1) is 13.4. The largest absolute Gasteiger partial charge is 0.324 e. The molecule has 0 aliphatic rings. The second kappa shape index (κ2) is 8.40. The molecule has 28 heavy (non-hydrogen) atoms. The van der Waals surface area contributed by atoms with Crippen LogP contribution in [0.5, 0.6) is 0 Å². The van der Waals surface area contributed by atoms with Crippen LogP contribution >= 0.6 is 11.6 Å². The molecular formula is C22H22ClN3O2. The van der Waals surface area contributed by atoms with Crippen molar-refractivity contribution < 1.29 is 4.79 Å². The fraction of sp³-hybridized carbons (Fsp3) is 0.227. The van der Waals surface area contributed by atoms with E-state index < -0.39 is 6.04 Å². The number of benzene rings is 2. The zero-order chi connectivity index (χ0) is 20.3. The Morgan fingerprint density at radius 3 is 2.46 bits per heavy atom. The fourth-order valence-electron chi connectivity index (χ4n) is 2.89. The molecule has 5 nitrogen and oxygen atoms in total. The molecule has 1 heterocycles. The molecule has 0 aliphatic carbocycles. The van der Waals surface area contributed by atoms with E-state index in [1.54, 1.807) is 18.2 Å². The summed E-state index contributed by atoms with van der Waals surface area (Å²) in [7, 11) is 0. The Morgan fingerprint density at radius 2 is 1.82 bits per heavy atom. The van der Waals surface area contributed by atoms with Gasteiger partial charge in [-0.15, -0.1) is 0 Å². The number of aryl methyl sites for hydroxylation is 2. The Labute approximate surface area is 169 Å². The molecule has 0 spiro atoms. The molecule has 0 bridgehead atoms. The average molecular weight is 396 g/mol. The summed E-state index contributed by atoms with van der Waals surface area (Å²) in [5.74, 6) is -0.307. The third kappa shape index (κ3) is 4.31. The lowest BCUT2D eigenvalue weighted by molar-refractivity contribution is -0.119. The predicted octanol–water partition coefficient (Wildman–Crippen LogP) is 4.77. The van der Waals surface area contributed by atoms with Crippen LogP contribution in [0.3, 0.4) is 0 Å². The molecule has 1 N–H and O–H groups in total. The lowest BCUT2D eigenvalue weighted by Crippen LogP contribution is -2.34. The van der Waals surface area contributed by atoms with Crippen LogP contribution in [0.2, 0.25) is 5.02 Å². The molecule has 0 aliphatic heterocycles. The van der Waals surface area contributed by atoms with Crippen molar-refractivity contribution in [2.24, 2.45) is 0 Å². The molecular weight excluding hydrogens is 374 g/mol. The van der Waals surface area contributed by atoms with Gasteiger partial charge in [-0.1, -0.05) is 54.4 Å². The smallest absolute Gasteiger partial charge is 0.267 e. The van der Waals surface area contributed by atoms with Gasteiger partial charge in [0.2, 0.25) is 5.91 Å². The van der Waals surface area contributed by atoms with E-state index in [4.69, 9.17) is 11.6 Å². The number of hydrogen-bond acceptors (Lipinski definition) is 3. The van der Waals surface area contributed by atoms with Crippen molar-refractivity contribution in [3.8, 4) is 11.3 Å². The minimum absolute atomic E-state index is 0.307. The normalized spacial score (nSPS) is 11.9. The van der Waals surface area contributed by atoms with E-state index in [9.17, 15) is 9.59 Å². The number of amides is 1. The highest BCUT2D eigenvalue weighted by atomic mass is 35.5. The fourth-order valence-corrected chi connectivity index (χ4v) is 3.07. The highest BCUT2D eigenvalue weighted by Gasteiger charge is 2.21.